The first-order valence-electron chi connectivity index (χ1n) is 46.7. The number of benzene rings is 11. The summed E-state index contributed by atoms with van der Waals surface area (Å²) in [5.41, 5.74) is -2.56. The van der Waals surface area contributed by atoms with Gasteiger partial charge in [-0.2, -0.15) is 0 Å². The van der Waals surface area contributed by atoms with Crippen molar-refractivity contribution in [3.05, 3.63) is 285 Å². The van der Waals surface area contributed by atoms with Crippen molar-refractivity contribution in [2.75, 3.05) is 19.8 Å². The van der Waals surface area contributed by atoms with E-state index in [-0.39, 0.29) is 52.1 Å². The molecule has 9 heterocycles. The molecule has 9 aliphatic heterocycles. The zero-order valence-electron chi connectivity index (χ0n) is 78.1. The molecule has 7 amide bonds. The van der Waals surface area contributed by atoms with Crippen molar-refractivity contribution < 1.29 is 167 Å². The molecule has 24 N–H and O–H groups in total. The van der Waals surface area contributed by atoms with Gasteiger partial charge in [-0.1, -0.05) is 108 Å². The van der Waals surface area contributed by atoms with Crippen LogP contribution in [0, 0.1) is 0 Å². The van der Waals surface area contributed by atoms with Crippen LogP contribution in [0.3, 0.4) is 0 Å². The summed E-state index contributed by atoms with van der Waals surface area (Å²) in [5, 5.41) is 197. The predicted molar refractivity (Wildman–Crippen MR) is 518 cm³/mol. The van der Waals surface area contributed by atoms with Crippen LogP contribution in [-0.2, 0) is 76.8 Å². The van der Waals surface area contributed by atoms with Crippen molar-refractivity contribution in [3.63, 3.8) is 0 Å². The quantitative estimate of drug-likeness (QED) is 0.0444. The van der Waals surface area contributed by atoms with Crippen LogP contribution >= 0.6 is 23.2 Å². The van der Waals surface area contributed by atoms with Gasteiger partial charge in [-0.15, -0.1) is 0 Å². The second-order valence-corrected chi connectivity index (χ2v) is 36.9. The number of carboxylic acids is 1. The van der Waals surface area contributed by atoms with E-state index >= 15 is 28.8 Å². The van der Waals surface area contributed by atoms with Gasteiger partial charge in [-0.3, -0.25) is 38.9 Å². The van der Waals surface area contributed by atoms with Gasteiger partial charge in [0.2, 0.25) is 59.7 Å². The lowest BCUT2D eigenvalue weighted by Gasteiger charge is -2.44. The summed E-state index contributed by atoms with van der Waals surface area (Å²) in [4.78, 5) is 127. The number of fused-ring (bicyclic) bond motifs is 14. The molecule has 3 saturated heterocycles. The average molecular weight is 2090 g/mol. The molecular weight excluding hydrogens is 1990 g/mol. The number of phenols is 4. The Morgan fingerprint density at radius 1 is 0.423 bits per heavy atom. The molecule has 0 saturated carbocycles. The van der Waals surface area contributed by atoms with Crippen LogP contribution in [0.1, 0.15) is 93.3 Å². The molecule has 0 aromatic heterocycles. The number of aliphatic hydroxyl groups excluding tert-OH is 10. The van der Waals surface area contributed by atoms with Gasteiger partial charge in [0.05, 0.1) is 35.9 Å². The van der Waals surface area contributed by atoms with E-state index in [4.69, 9.17) is 75.3 Å². The molecule has 11 aromatic carbocycles. The average Bonchev–Trinajstić information content (AvgIpc) is 0.752. The molecule has 17 bridgehead atoms. The molecule has 0 spiro atoms. The van der Waals surface area contributed by atoms with Gasteiger partial charge in [0, 0.05) is 55.3 Å². The van der Waals surface area contributed by atoms with E-state index in [1.165, 1.54) is 36.4 Å². The lowest BCUT2D eigenvalue weighted by molar-refractivity contribution is -0.284. The lowest BCUT2D eigenvalue weighted by Crippen LogP contribution is -2.65. The van der Waals surface area contributed by atoms with E-state index < -0.39 is 304 Å². The summed E-state index contributed by atoms with van der Waals surface area (Å²) in [6.45, 7) is -2.41. The highest BCUT2D eigenvalue weighted by molar-refractivity contribution is 6.32. The minimum Gasteiger partial charge on any atom is -0.508 e. The van der Waals surface area contributed by atoms with Crippen LogP contribution in [0.25, 0.3) is 11.1 Å². The molecule has 43 nitrogen and oxygen atoms in total. The number of aliphatic carboxylic acids is 1. The van der Waals surface area contributed by atoms with Gasteiger partial charge < -0.3 is 171 Å². The molecule has 0 aliphatic carbocycles. The van der Waals surface area contributed by atoms with Crippen molar-refractivity contribution in [2.24, 2.45) is 0 Å². The van der Waals surface area contributed by atoms with Crippen molar-refractivity contribution >= 4 is 70.5 Å². The van der Waals surface area contributed by atoms with Crippen LogP contribution in [0.5, 0.6) is 92.0 Å². The fraction of sp³-hybridized carbons (Fsp3) is 0.288. The minimum absolute atomic E-state index is 0.0888. The number of nitrogens with one attached hydrogen (secondary N) is 9. The first kappa shape index (κ1) is 104. The van der Waals surface area contributed by atoms with Gasteiger partial charge >= 0.3 is 5.97 Å². The van der Waals surface area contributed by atoms with Crippen molar-refractivity contribution in [3.8, 4) is 103 Å². The fourth-order valence-electron chi connectivity index (χ4n) is 18.4. The number of halogens is 2. The van der Waals surface area contributed by atoms with Gasteiger partial charge in [0.1, 0.15) is 173 Å². The number of phenolic OH excluding ortho intramolecular Hbond substituents is 4. The highest BCUT2D eigenvalue weighted by atomic mass is 35.5. The monoisotopic (exact) mass is 2090 g/mol. The van der Waals surface area contributed by atoms with Gasteiger partial charge in [0.15, 0.2) is 35.3 Å². The molecule has 20 rings (SSSR count). The second kappa shape index (κ2) is 44.5. The smallest absolute Gasteiger partial charge is 0.330 e. The topological polar surface area (TPSA) is 650 Å². The van der Waals surface area contributed by atoms with Gasteiger partial charge in [0.25, 0.3) is 0 Å². The molecule has 11 aromatic rings. The van der Waals surface area contributed by atoms with Crippen molar-refractivity contribution in [1.82, 2.24) is 47.9 Å². The maximum atomic E-state index is 17.3. The predicted octanol–water partition coefficient (Wildman–Crippen LogP) is 5.11. The van der Waals surface area contributed by atoms with Crippen LogP contribution in [-0.4, -0.2) is 248 Å². The van der Waals surface area contributed by atoms with Crippen LogP contribution in [0.2, 0.25) is 10.0 Å². The summed E-state index contributed by atoms with van der Waals surface area (Å²) >= 11 is 15.0. The third kappa shape index (κ3) is 22.7. The molecular formula is C104H99Cl2N9O34. The Morgan fingerprint density at radius 3 is 1.56 bits per heavy atom. The SMILES string of the molecule is CC(=O)N[C@H]1[C@H](O[C@@H]2c3ccc(c(Cl)c3)Oc3cc4cc(c3O[C@@H]3O[C@H](CO)[C@@H](O)[C@H](O)[C@H]3NCc3cccc(Oc5ccccc5)c3)Oc3ccc(cc3Cl)C[C@H]3NC(=O)[C@@H](NCc5cccc(Oc6ccccc6)c5)c5ccc(O)c(c5)Oc5cc(O)cc(c5)[C@H](NC3=O)C(=O)N[C@H]4C(=O)N[C@H]3C(=O)N[C@@H]2C(=O)N[C@H](C(=O)O)c2cc(O)cc(O[C@H]4O[C@H](CO)[C@@H](O)[C@H](O)[C@@H]4O)c2-c2cc3ccc2O)O[C@H](CO)[C@@H](O)[C@@H]1O. The van der Waals surface area contributed by atoms with Crippen LogP contribution in [0.4, 0.5) is 0 Å². The molecule has 3 fully saturated rings. The van der Waals surface area contributed by atoms with E-state index in [0.29, 0.717) is 34.1 Å². The minimum atomic E-state index is -2.60. The van der Waals surface area contributed by atoms with Crippen molar-refractivity contribution in [1.29, 1.82) is 0 Å². The summed E-state index contributed by atoms with van der Waals surface area (Å²) in [5.74, 6) is -16.8. The molecule has 778 valence electrons. The number of carbonyl (C=O) groups is 8. The Morgan fingerprint density at radius 2 is 0.953 bits per heavy atom. The van der Waals surface area contributed by atoms with Crippen LogP contribution < -0.4 is 81.0 Å². The molecule has 0 radical (unpaired) electrons. The number of para-hydroxylation sites is 2. The normalized spacial score (nSPS) is 26.8. The van der Waals surface area contributed by atoms with E-state index in [1.807, 2.05) is 6.07 Å². The van der Waals surface area contributed by atoms with Gasteiger partial charge in [-0.05, 0) is 172 Å². The Hall–Kier alpha value is -15.1. The Kier molecular flexibility index (Phi) is 31.0. The van der Waals surface area contributed by atoms with E-state index in [9.17, 15) is 86.2 Å². The number of rotatable bonds is 21. The third-order valence-corrected chi connectivity index (χ3v) is 26.5. The van der Waals surface area contributed by atoms with Crippen molar-refractivity contribution in [2.45, 2.75) is 167 Å². The first-order chi connectivity index (χ1) is 71.6. The molecule has 0 unspecified atom stereocenters. The summed E-state index contributed by atoms with van der Waals surface area (Å²) < 4.78 is 70.9. The van der Waals surface area contributed by atoms with E-state index in [2.05, 4.69) is 47.9 Å². The third-order valence-electron chi connectivity index (χ3n) is 25.9. The van der Waals surface area contributed by atoms with E-state index in [0.717, 1.165) is 85.8 Å². The largest absolute Gasteiger partial charge is 0.508 e. The standard InChI is InChI=1S/C104H99Cl2N9O34/c1-45(119)109-84-90(128)87(125)75(43-117)146-103(84)148-93-51-21-25-69(64(106)33-51)143-73-36-53-35-72(94(73)149-102-83(89(127)86(124)74(42-116)145-102)108-41-48-11-9-17-59(27-48)140-57-14-6-3-7-15-57)142-68-24-18-46(28-63(68)105)29-65-95(131)111-80(52-30-54(120)37-60(31-52)141-70-34-50(20-23-67(70)123)78(96(132)110-65)107-40-47-10-8-16-58(26-47)139-56-12-4-2-5-13-56)98(134)113-81(53)99(135)112-79-49-19-22-66(122)61(32-49)77-62(82(101(137)138)114-100(136)85(93)115-97(79)133)38-55(121)39-71(77)144-104-92(130)91(129)88(126)76(44-118)147-104/h2-28,30-39,65,74-76,78-93,102-104,107-108,116-118,120-130H,29,40-44H2,1H3,(H,109,119)(H,110,132)(H,111,131)(H,112,135)(H,113,134)(H,114,136)(H,115,133)(H,137,138)/t65-,74-,75-,76-,78+,79-,80+,81-,82+,83-,84-,85+,86-,87-,88-,89-,90-,91+,92+,93-,102+,103+,104+/m1/s1. The maximum absolute atomic E-state index is 17.3. The highest BCUT2D eigenvalue weighted by Crippen LogP contribution is 2.52. The fourth-order valence-corrected chi connectivity index (χ4v) is 18.9. The number of hydrogen-bond donors (Lipinski definition) is 24. The zero-order chi connectivity index (χ0) is 105. The number of aromatic hydroxyl groups is 4. The van der Waals surface area contributed by atoms with Gasteiger partial charge in [-0.25, -0.2) is 4.79 Å². The lowest BCUT2D eigenvalue weighted by atomic mass is 9.89. The number of hydrogen-bond acceptors (Lipinski definition) is 35. The highest BCUT2D eigenvalue weighted by Gasteiger charge is 2.52. The molecule has 23 atom stereocenters. The number of ether oxygens (including phenoxy) is 11. The Labute approximate surface area is 855 Å². The maximum Gasteiger partial charge on any atom is 0.330 e. The summed E-state index contributed by atoms with van der Waals surface area (Å²) in [6.07, 6.45) is -29.0. The number of carbonyl (C=O) groups excluding carboxylic acids is 7. The molecule has 9 aliphatic rings. The molecule has 149 heavy (non-hydrogen) atoms. The summed E-state index contributed by atoms with van der Waals surface area (Å²) in [7, 11) is 0. The first-order valence-corrected chi connectivity index (χ1v) is 47.5. The number of carboxylic acid groups (broad SMARTS) is 1. The Bertz CT molecular complexity index is 6900. The Balaban J connectivity index is 0.852. The van der Waals surface area contributed by atoms with E-state index in [1.54, 1.807) is 103 Å². The number of aliphatic hydroxyl groups is 10. The number of amides is 7. The van der Waals surface area contributed by atoms with Crippen LogP contribution in [0.15, 0.2) is 224 Å². The summed E-state index contributed by atoms with van der Waals surface area (Å²) in [6, 6.07) is 32.9. The zero-order valence-corrected chi connectivity index (χ0v) is 79.6. The second-order valence-electron chi connectivity index (χ2n) is 36.1. The molecule has 45 heteroatoms.